The van der Waals surface area contributed by atoms with Gasteiger partial charge in [0.1, 0.15) is 0 Å². The van der Waals surface area contributed by atoms with Gasteiger partial charge >= 0.3 is 6.03 Å². The van der Waals surface area contributed by atoms with Crippen molar-refractivity contribution in [3.8, 4) is 11.5 Å². The molecule has 3 amide bonds. The number of ether oxygens (including phenoxy) is 2. The fourth-order valence-corrected chi connectivity index (χ4v) is 3.88. The molecule has 0 aromatic heterocycles. The SMILES string of the molecule is COc1ccc(NC(=O)c2ccc(N3CCCN(Cc4ccccc4)C3=O)cc2)cc1OC. The first-order valence-corrected chi connectivity index (χ1v) is 10.8. The normalized spacial score (nSPS) is 13.6. The Labute approximate surface area is 193 Å². The molecule has 1 heterocycles. The molecule has 7 heteroatoms. The van der Waals surface area contributed by atoms with Gasteiger partial charge in [-0.1, -0.05) is 30.3 Å². The average Bonchev–Trinajstić information content (AvgIpc) is 2.86. The molecule has 0 radical (unpaired) electrons. The van der Waals surface area contributed by atoms with Crippen LogP contribution in [-0.4, -0.2) is 44.1 Å². The number of nitrogens with zero attached hydrogens (tertiary/aromatic N) is 2. The summed E-state index contributed by atoms with van der Waals surface area (Å²) in [6, 6.07) is 22.2. The number of carbonyl (C=O) groups excluding carboxylic acids is 2. The van der Waals surface area contributed by atoms with Gasteiger partial charge in [0.15, 0.2) is 11.5 Å². The summed E-state index contributed by atoms with van der Waals surface area (Å²) >= 11 is 0. The van der Waals surface area contributed by atoms with Crippen molar-refractivity contribution in [1.82, 2.24) is 4.90 Å². The van der Waals surface area contributed by atoms with E-state index in [4.69, 9.17) is 9.47 Å². The molecule has 33 heavy (non-hydrogen) atoms. The molecule has 1 saturated heterocycles. The number of anilines is 2. The highest BCUT2D eigenvalue weighted by Gasteiger charge is 2.26. The molecule has 1 N–H and O–H groups in total. The maximum atomic E-state index is 13.1. The Kier molecular flexibility index (Phi) is 6.78. The Bertz CT molecular complexity index is 1120. The van der Waals surface area contributed by atoms with Crippen molar-refractivity contribution in [2.24, 2.45) is 0 Å². The van der Waals surface area contributed by atoms with E-state index in [0.29, 0.717) is 35.8 Å². The largest absolute Gasteiger partial charge is 0.493 e. The first kappa shape index (κ1) is 22.2. The monoisotopic (exact) mass is 445 g/mol. The fraction of sp³-hybridized carbons (Fsp3) is 0.231. The highest BCUT2D eigenvalue weighted by Crippen LogP contribution is 2.30. The third-order valence-corrected chi connectivity index (χ3v) is 5.61. The summed E-state index contributed by atoms with van der Waals surface area (Å²) in [4.78, 5) is 29.4. The van der Waals surface area contributed by atoms with Crippen LogP contribution >= 0.6 is 0 Å². The van der Waals surface area contributed by atoms with Gasteiger partial charge in [-0.05, 0) is 48.4 Å². The molecular formula is C26H27N3O4. The second kappa shape index (κ2) is 10.1. The van der Waals surface area contributed by atoms with E-state index in [1.54, 1.807) is 49.5 Å². The first-order valence-electron chi connectivity index (χ1n) is 10.8. The second-order valence-electron chi connectivity index (χ2n) is 7.77. The lowest BCUT2D eigenvalue weighted by Crippen LogP contribution is -2.49. The van der Waals surface area contributed by atoms with Crippen molar-refractivity contribution < 1.29 is 19.1 Å². The summed E-state index contributed by atoms with van der Waals surface area (Å²) in [6.45, 7) is 1.97. The third-order valence-electron chi connectivity index (χ3n) is 5.61. The standard InChI is InChI=1S/C26H27N3O4/c1-32-23-14-11-21(17-24(23)33-2)27-25(30)20-9-12-22(13-10-20)29-16-6-15-28(26(29)31)18-19-7-4-3-5-8-19/h3-5,7-14,17H,6,15-16,18H2,1-2H3,(H,27,30). The minimum absolute atomic E-state index is 0.0207. The summed E-state index contributed by atoms with van der Waals surface area (Å²) in [5.74, 6) is 0.881. The predicted octanol–water partition coefficient (Wildman–Crippen LogP) is 4.79. The van der Waals surface area contributed by atoms with E-state index in [0.717, 1.165) is 24.2 Å². The van der Waals surface area contributed by atoms with E-state index >= 15 is 0 Å². The van der Waals surface area contributed by atoms with Gasteiger partial charge in [-0.15, -0.1) is 0 Å². The molecule has 1 aliphatic rings. The topological polar surface area (TPSA) is 71.1 Å². The molecular weight excluding hydrogens is 418 g/mol. The number of hydrogen-bond donors (Lipinski definition) is 1. The number of amides is 3. The Morgan fingerprint density at radius 3 is 2.33 bits per heavy atom. The molecule has 3 aromatic rings. The van der Waals surface area contributed by atoms with Crippen molar-refractivity contribution in [2.45, 2.75) is 13.0 Å². The zero-order chi connectivity index (χ0) is 23.2. The quantitative estimate of drug-likeness (QED) is 0.568. The Balaban J connectivity index is 1.43. The third kappa shape index (κ3) is 5.09. The lowest BCUT2D eigenvalue weighted by atomic mass is 10.1. The van der Waals surface area contributed by atoms with E-state index < -0.39 is 0 Å². The maximum absolute atomic E-state index is 13.1. The average molecular weight is 446 g/mol. The zero-order valence-electron chi connectivity index (χ0n) is 18.8. The van der Waals surface area contributed by atoms with Gasteiger partial charge in [0, 0.05) is 42.6 Å². The Morgan fingerprint density at radius 2 is 1.64 bits per heavy atom. The second-order valence-corrected chi connectivity index (χ2v) is 7.77. The van der Waals surface area contributed by atoms with Crippen LogP contribution in [0, 0.1) is 0 Å². The lowest BCUT2D eigenvalue weighted by molar-refractivity contribution is 0.102. The highest BCUT2D eigenvalue weighted by molar-refractivity contribution is 6.05. The van der Waals surface area contributed by atoms with Crippen LogP contribution in [-0.2, 0) is 6.54 Å². The van der Waals surface area contributed by atoms with Crippen LogP contribution in [0.15, 0.2) is 72.8 Å². The highest BCUT2D eigenvalue weighted by atomic mass is 16.5. The van der Waals surface area contributed by atoms with Gasteiger partial charge in [0.25, 0.3) is 5.91 Å². The van der Waals surface area contributed by atoms with Crippen LogP contribution in [0.2, 0.25) is 0 Å². The van der Waals surface area contributed by atoms with Crippen molar-refractivity contribution in [3.05, 3.63) is 83.9 Å². The van der Waals surface area contributed by atoms with Crippen LogP contribution < -0.4 is 19.7 Å². The summed E-state index contributed by atoms with van der Waals surface area (Å²) in [5.41, 5.74) is 2.99. The minimum atomic E-state index is -0.246. The van der Waals surface area contributed by atoms with E-state index in [9.17, 15) is 9.59 Å². The van der Waals surface area contributed by atoms with Crippen molar-refractivity contribution in [3.63, 3.8) is 0 Å². The predicted molar refractivity (Wildman–Crippen MR) is 128 cm³/mol. The van der Waals surface area contributed by atoms with Crippen LogP contribution in [0.1, 0.15) is 22.3 Å². The van der Waals surface area contributed by atoms with Crippen LogP contribution in [0.5, 0.6) is 11.5 Å². The first-order chi connectivity index (χ1) is 16.1. The Hall–Kier alpha value is -4.00. The number of carbonyl (C=O) groups is 2. The van der Waals surface area contributed by atoms with Gasteiger partial charge in [-0.25, -0.2) is 4.79 Å². The van der Waals surface area contributed by atoms with Crippen LogP contribution in [0.3, 0.4) is 0 Å². The van der Waals surface area contributed by atoms with Crippen LogP contribution in [0.4, 0.5) is 16.2 Å². The summed E-state index contributed by atoms with van der Waals surface area (Å²) in [7, 11) is 3.11. The van der Waals surface area contributed by atoms with Gasteiger partial charge < -0.3 is 19.7 Å². The molecule has 0 atom stereocenters. The molecule has 0 bridgehead atoms. The van der Waals surface area contributed by atoms with Crippen molar-refractivity contribution >= 4 is 23.3 Å². The molecule has 0 aliphatic carbocycles. The molecule has 170 valence electrons. The molecule has 7 nitrogen and oxygen atoms in total. The lowest BCUT2D eigenvalue weighted by Gasteiger charge is -2.35. The van der Waals surface area contributed by atoms with Gasteiger partial charge in [-0.2, -0.15) is 0 Å². The van der Waals surface area contributed by atoms with Gasteiger partial charge in [0.2, 0.25) is 0 Å². The summed E-state index contributed by atoms with van der Waals surface area (Å²) in [5, 5.41) is 2.86. The fourth-order valence-electron chi connectivity index (χ4n) is 3.88. The number of benzene rings is 3. The smallest absolute Gasteiger partial charge is 0.324 e. The number of urea groups is 1. The molecule has 0 spiro atoms. The van der Waals surface area contributed by atoms with Crippen LogP contribution in [0.25, 0.3) is 0 Å². The molecule has 4 rings (SSSR count). The molecule has 0 saturated carbocycles. The van der Waals surface area contributed by atoms with Crippen molar-refractivity contribution in [1.29, 1.82) is 0 Å². The van der Waals surface area contributed by atoms with Gasteiger partial charge in [0.05, 0.1) is 14.2 Å². The zero-order valence-corrected chi connectivity index (χ0v) is 18.8. The number of methoxy groups -OCH3 is 2. The number of nitrogens with one attached hydrogen (secondary N) is 1. The van der Waals surface area contributed by atoms with E-state index in [-0.39, 0.29) is 11.9 Å². The molecule has 3 aromatic carbocycles. The Morgan fingerprint density at radius 1 is 0.909 bits per heavy atom. The molecule has 1 aliphatic heterocycles. The van der Waals surface area contributed by atoms with Crippen molar-refractivity contribution in [2.75, 3.05) is 37.5 Å². The summed E-state index contributed by atoms with van der Waals surface area (Å²) < 4.78 is 10.5. The van der Waals surface area contributed by atoms with Gasteiger partial charge in [-0.3, -0.25) is 9.69 Å². The van der Waals surface area contributed by atoms with E-state index in [1.165, 1.54) is 0 Å². The number of rotatable bonds is 7. The maximum Gasteiger partial charge on any atom is 0.324 e. The minimum Gasteiger partial charge on any atom is -0.493 e. The summed E-state index contributed by atoms with van der Waals surface area (Å²) in [6.07, 6.45) is 0.889. The molecule has 0 unspecified atom stereocenters. The van der Waals surface area contributed by atoms with E-state index in [2.05, 4.69) is 5.32 Å². The molecule has 1 fully saturated rings. The number of hydrogen-bond acceptors (Lipinski definition) is 4. The van der Waals surface area contributed by atoms with E-state index in [1.807, 2.05) is 47.4 Å².